The van der Waals surface area contributed by atoms with Gasteiger partial charge in [-0.2, -0.15) is 0 Å². The number of carbonyl (C=O) groups is 1. The molecule has 28 heavy (non-hydrogen) atoms. The summed E-state index contributed by atoms with van der Waals surface area (Å²) in [5, 5.41) is 7.10. The third-order valence-electron chi connectivity index (χ3n) is 4.01. The van der Waals surface area contributed by atoms with Crippen LogP contribution in [0.25, 0.3) is 11.3 Å². The van der Waals surface area contributed by atoms with Crippen molar-refractivity contribution in [2.24, 2.45) is 0 Å². The number of aromatic nitrogens is 1. The van der Waals surface area contributed by atoms with E-state index in [0.717, 1.165) is 28.3 Å². The minimum Gasteiger partial charge on any atom is -0.356 e. The van der Waals surface area contributed by atoms with Gasteiger partial charge in [-0.3, -0.25) is 4.79 Å². The Morgan fingerprint density at radius 1 is 0.964 bits per heavy atom. The van der Waals surface area contributed by atoms with Crippen LogP contribution in [0.4, 0.5) is 5.69 Å². The lowest BCUT2D eigenvalue weighted by atomic mass is 9.97. The Morgan fingerprint density at radius 3 is 2.07 bits per heavy atom. The molecule has 0 fully saturated rings. The smallest absolute Gasteiger partial charge is 0.225 e. The highest BCUT2D eigenvalue weighted by molar-refractivity contribution is 5.91. The van der Waals surface area contributed by atoms with Gasteiger partial charge in [-0.15, -0.1) is 0 Å². The molecule has 0 radical (unpaired) electrons. The molecule has 3 aromatic rings. The molecule has 0 aliphatic rings. The van der Waals surface area contributed by atoms with Gasteiger partial charge in [0.25, 0.3) is 0 Å². The Labute approximate surface area is 169 Å². The average molecular weight is 381 g/mol. The van der Waals surface area contributed by atoms with Crippen molar-refractivity contribution >= 4 is 11.6 Å². The molecule has 1 amide bonds. The lowest BCUT2D eigenvalue weighted by Gasteiger charge is -2.10. The van der Waals surface area contributed by atoms with E-state index in [-0.39, 0.29) is 11.8 Å². The highest BCUT2D eigenvalue weighted by Crippen LogP contribution is 2.30. The Kier molecular flexibility index (Phi) is 10.3. The van der Waals surface area contributed by atoms with E-state index >= 15 is 0 Å². The number of carbonyl (C=O) groups excluding carboxylic acids is 1. The highest BCUT2D eigenvalue weighted by atomic mass is 16.5. The van der Waals surface area contributed by atoms with E-state index in [1.165, 1.54) is 0 Å². The van der Waals surface area contributed by atoms with Gasteiger partial charge in [0.05, 0.1) is 5.69 Å². The van der Waals surface area contributed by atoms with Crippen LogP contribution in [0.1, 0.15) is 58.2 Å². The molecule has 1 N–H and O–H groups in total. The van der Waals surface area contributed by atoms with Crippen LogP contribution in [-0.2, 0) is 4.79 Å². The largest absolute Gasteiger partial charge is 0.356 e. The third kappa shape index (κ3) is 6.38. The van der Waals surface area contributed by atoms with Crippen LogP contribution < -0.4 is 5.32 Å². The molecule has 3 rings (SSSR count). The Bertz CT molecular complexity index is 811. The minimum atomic E-state index is -0.0302. The predicted molar refractivity (Wildman–Crippen MR) is 117 cm³/mol. The molecule has 150 valence electrons. The second kappa shape index (κ2) is 12.5. The van der Waals surface area contributed by atoms with Gasteiger partial charge in [0, 0.05) is 29.2 Å². The number of anilines is 1. The summed E-state index contributed by atoms with van der Waals surface area (Å²) < 4.78 is 5.52. The van der Waals surface area contributed by atoms with Gasteiger partial charge < -0.3 is 9.84 Å². The van der Waals surface area contributed by atoms with E-state index in [1.807, 2.05) is 102 Å². The molecule has 1 aromatic heterocycles. The topological polar surface area (TPSA) is 55.1 Å². The van der Waals surface area contributed by atoms with E-state index in [4.69, 9.17) is 4.52 Å². The number of para-hydroxylation sites is 1. The molecular formula is C24H32N2O2. The maximum Gasteiger partial charge on any atom is 0.225 e. The second-order valence-electron chi connectivity index (χ2n) is 5.91. The molecule has 0 spiro atoms. The van der Waals surface area contributed by atoms with E-state index in [1.54, 1.807) is 0 Å². The maximum absolute atomic E-state index is 12.2. The summed E-state index contributed by atoms with van der Waals surface area (Å²) in [6.45, 7) is 12.0. The first-order valence-electron chi connectivity index (χ1n) is 10.0. The van der Waals surface area contributed by atoms with Gasteiger partial charge in [0.1, 0.15) is 0 Å². The molecular weight excluding hydrogens is 348 g/mol. The van der Waals surface area contributed by atoms with Gasteiger partial charge in [-0.1, -0.05) is 88.3 Å². The number of nitrogens with zero attached hydrogens (tertiary/aromatic N) is 1. The van der Waals surface area contributed by atoms with Crippen LogP contribution in [0.5, 0.6) is 0 Å². The van der Waals surface area contributed by atoms with Crippen molar-refractivity contribution in [1.29, 1.82) is 0 Å². The molecule has 1 atom stereocenters. The lowest BCUT2D eigenvalue weighted by Crippen LogP contribution is -2.14. The number of hydrogen-bond acceptors (Lipinski definition) is 3. The summed E-state index contributed by atoms with van der Waals surface area (Å²) in [5.74, 6) is 0.716. The summed E-state index contributed by atoms with van der Waals surface area (Å²) >= 11 is 0. The first-order chi connectivity index (χ1) is 13.6. The van der Waals surface area contributed by atoms with Gasteiger partial charge >= 0.3 is 0 Å². The van der Waals surface area contributed by atoms with Gasteiger partial charge in [-0.05, 0) is 19.1 Å². The van der Waals surface area contributed by atoms with Crippen molar-refractivity contribution in [3.05, 3.63) is 71.9 Å². The van der Waals surface area contributed by atoms with Gasteiger partial charge in [0.2, 0.25) is 5.91 Å². The normalized spacial score (nSPS) is 10.6. The average Bonchev–Trinajstić information content (AvgIpc) is 3.14. The van der Waals surface area contributed by atoms with E-state index in [9.17, 15) is 4.79 Å². The summed E-state index contributed by atoms with van der Waals surface area (Å²) in [4.78, 5) is 12.2. The molecule has 0 aliphatic carbocycles. The minimum absolute atomic E-state index is 0.0186. The number of rotatable bonds is 5. The van der Waals surface area contributed by atoms with Crippen LogP contribution >= 0.6 is 0 Å². The summed E-state index contributed by atoms with van der Waals surface area (Å²) in [6.07, 6.45) is 0.358. The number of hydrogen-bond donors (Lipinski definition) is 1. The molecule has 2 aromatic carbocycles. The standard InChI is InChI=1S/C20H20N2O2.2C2H6/c1-14(13-18(23)21-17-11-7-4-8-12-17)19-15(2)20(24-22-19)16-9-5-3-6-10-16;2*1-2/h3-12,14H,13H2,1-2H3,(H,21,23);2*1-2H3. The van der Waals surface area contributed by atoms with Crippen LogP contribution in [0.3, 0.4) is 0 Å². The summed E-state index contributed by atoms with van der Waals surface area (Å²) in [5.41, 5.74) is 3.62. The number of nitrogens with one attached hydrogen (secondary N) is 1. The third-order valence-corrected chi connectivity index (χ3v) is 4.01. The molecule has 0 saturated carbocycles. The molecule has 0 aliphatic heterocycles. The zero-order valence-corrected chi connectivity index (χ0v) is 17.8. The lowest BCUT2D eigenvalue weighted by molar-refractivity contribution is -0.116. The van der Waals surface area contributed by atoms with Crippen molar-refractivity contribution in [3.63, 3.8) is 0 Å². The second-order valence-corrected chi connectivity index (χ2v) is 5.91. The Balaban J connectivity index is 0.000000921. The zero-order valence-electron chi connectivity index (χ0n) is 17.8. The van der Waals surface area contributed by atoms with Gasteiger partial charge in [0.15, 0.2) is 5.76 Å². The van der Waals surface area contributed by atoms with Crippen molar-refractivity contribution in [1.82, 2.24) is 5.16 Å². The summed E-state index contributed by atoms with van der Waals surface area (Å²) in [7, 11) is 0. The fourth-order valence-electron chi connectivity index (χ4n) is 2.77. The quantitative estimate of drug-likeness (QED) is 0.527. The highest BCUT2D eigenvalue weighted by Gasteiger charge is 2.20. The van der Waals surface area contributed by atoms with Crippen LogP contribution in [0.15, 0.2) is 65.2 Å². The first-order valence-corrected chi connectivity index (χ1v) is 10.0. The maximum atomic E-state index is 12.2. The van der Waals surface area contributed by atoms with Gasteiger partial charge in [-0.25, -0.2) is 0 Å². The number of benzene rings is 2. The molecule has 4 nitrogen and oxygen atoms in total. The monoisotopic (exact) mass is 380 g/mol. The van der Waals surface area contributed by atoms with E-state index in [2.05, 4.69) is 10.5 Å². The SMILES string of the molecule is CC.CC.Cc1c(C(C)CC(=O)Nc2ccccc2)noc1-c1ccccc1. The van der Waals surface area contributed by atoms with Crippen molar-refractivity contribution in [2.75, 3.05) is 5.32 Å². The Hall–Kier alpha value is -2.88. The van der Waals surface area contributed by atoms with Crippen LogP contribution in [-0.4, -0.2) is 11.1 Å². The van der Waals surface area contributed by atoms with Crippen molar-refractivity contribution in [3.8, 4) is 11.3 Å². The van der Waals surface area contributed by atoms with E-state index < -0.39 is 0 Å². The van der Waals surface area contributed by atoms with E-state index in [0.29, 0.717) is 6.42 Å². The zero-order chi connectivity index (χ0) is 20.9. The fourth-order valence-corrected chi connectivity index (χ4v) is 2.77. The van der Waals surface area contributed by atoms with Crippen molar-refractivity contribution in [2.45, 2.75) is 53.9 Å². The molecule has 1 unspecified atom stereocenters. The van der Waals surface area contributed by atoms with Crippen LogP contribution in [0, 0.1) is 6.92 Å². The first kappa shape index (κ1) is 23.2. The number of amides is 1. The molecule has 1 heterocycles. The summed E-state index contributed by atoms with van der Waals surface area (Å²) in [6, 6.07) is 19.3. The molecule has 0 bridgehead atoms. The van der Waals surface area contributed by atoms with Crippen LogP contribution in [0.2, 0.25) is 0 Å². The predicted octanol–water partition coefficient (Wildman–Crippen LogP) is 6.83. The molecule has 0 saturated heterocycles. The Morgan fingerprint density at radius 2 is 1.50 bits per heavy atom. The molecule has 4 heteroatoms. The van der Waals surface area contributed by atoms with Crippen molar-refractivity contribution < 1.29 is 9.32 Å². The fraction of sp³-hybridized carbons (Fsp3) is 0.333.